The number of hydrogen-bond acceptors (Lipinski definition) is 3. The lowest BCUT2D eigenvalue weighted by Gasteiger charge is -2.39. The van der Waals surface area contributed by atoms with Crippen molar-refractivity contribution >= 4 is 17.5 Å². The van der Waals surface area contributed by atoms with Crippen molar-refractivity contribution in [2.75, 3.05) is 18.0 Å². The molecule has 0 saturated carbocycles. The molecule has 1 aliphatic heterocycles. The minimum Gasteiger partial charge on any atom is -0.325 e. The van der Waals surface area contributed by atoms with E-state index in [2.05, 4.69) is 6.07 Å². The standard InChI is InChI=1S/C22H21N3O2/c1-15-13-25(20-8-3-2-5-19(20)12-23)21(26)14-24(15)22(27)18-10-9-16-6-4-7-17(16)11-18/h2-3,5,8-11,15H,4,6-7,13-14H2,1H3. The molecule has 1 unspecified atom stereocenters. The molecule has 4 rings (SSSR count). The molecule has 1 aliphatic carbocycles. The highest BCUT2D eigenvalue weighted by Crippen LogP contribution is 2.26. The molecule has 2 aromatic rings. The molecule has 1 heterocycles. The van der Waals surface area contributed by atoms with Gasteiger partial charge < -0.3 is 9.80 Å². The molecule has 1 saturated heterocycles. The van der Waals surface area contributed by atoms with E-state index in [-0.39, 0.29) is 24.4 Å². The third-order valence-corrected chi connectivity index (χ3v) is 5.51. The first-order chi connectivity index (χ1) is 13.1. The number of carbonyl (C=O) groups is 2. The molecule has 0 N–H and O–H groups in total. The van der Waals surface area contributed by atoms with E-state index in [4.69, 9.17) is 0 Å². The van der Waals surface area contributed by atoms with Crippen LogP contribution in [0.3, 0.4) is 0 Å². The van der Waals surface area contributed by atoms with Crippen LogP contribution in [-0.4, -0.2) is 35.8 Å². The Balaban J connectivity index is 1.56. The van der Waals surface area contributed by atoms with Crippen molar-refractivity contribution in [3.8, 4) is 6.07 Å². The third kappa shape index (κ3) is 3.08. The topological polar surface area (TPSA) is 64.4 Å². The fourth-order valence-electron chi connectivity index (χ4n) is 4.03. The highest BCUT2D eigenvalue weighted by molar-refractivity contribution is 6.02. The second-order valence-electron chi connectivity index (χ2n) is 7.25. The first kappa shape index (κ1) is 17.3. The molecular weight excluding hydrogens is 338 g/mol. The summed E-state index contributed by atoms with van der Waals surface area (Å²) < 4.78 is 0. The molecular formula is C22H21N3O2. The number of rotatable bonds is 2. The van der Waals surface area contributed by atoms with Gasteiger partial charge in [-0.3, -0.25) is 9.59 Å². The molecule has 136 valence electrons. The van der Waals surface area contributed by atoms with Gasteiger partial charge in [-0.1, -0.05) is 18.2 Å². The van der Waals surface area contributed by atoms with E-state index < -0.39 is 0 Å². The Bertz CT molecular complexity index is 960. The average molecular weight is 359 g/mol. The van der Waals surface area contributed by atoms with E-state index in [1.54, 1.807) is 28.0 Å². The van der Waals surface area contributed by atoms with E-state index in [0.29, 0.717) is 23.4 Å². The summed E-state index contributed by atoms with van der Waals surface area (Å²) in [6.45, 7) is 2.35. The second kappa shape index (κ2) is 6.88. The summed E-state index contributed by atoms with van der Waals surface area (Å²) in [7, 11) is 0. The van der Waals surface area contributed by atoms with Gasteiger partial charge in [-0.05, 0) is 61.6 Å². The van der Waals surface area contributed by atoms with E-state index in [9.17, 15) is 14.9 Å². The number of para-hydroxylation sites is 1. The van der Waals surface area contributed by atoms with Crippen LogP contribution in [0.4, 0.5) is 5.69 Å². The number of hydrogen-bond donors (Lipinski definition) is 0. The maximum Gasteiger partial charge on any atom is 0.254 e. The predicted octanol–water partition coefficient (Wildman–Crippen LogP) is 2.92. The normalized spacial score (nSPS) is 19.0. The van der Waals surface area contributed by atoms with Crippen LogP contribution in [0.1, 0.15) is 40.4 Å². The fraction of sp³-hybridized carbons (Fsp3) is 0.318. The highest BCUT2D eigenvalue weighted by Gasteiger charge is 2.34. The zero-order valence-corrected chi connectivity index (χ0v) is 15.3. The minimum absolute atomic E-state index is 0.0247. The molecule has 2 amide bonds. The Morgan fingerprint density at radius 2 is 1.93 bits per heavy atom. The summed E-state index contributed by atoms with van der Waals surface area (Å²) in [6.07, 6.45) is 3.23. The molecule has 0 bridgehead atoms. The number of amides is 2. The Hall–Kier alpha value is -3.13. The number of carbonyl (C=O) groups excluding carboxylic acids is 2. The molecule has 1 fully saturated rings. The van der Waals surface area contributed by atoms with Crippen molar-refractivity contribution < 1.29 is 9.59 Å². The van der Waals surface area contributed by atoms with Gasteiger partial charge in [0.25, 0.3) is 5.91 Å². The summed E-state index contributed by atoms with van der Waals surface area (Å²) >= 11 is 0. The van der Waals surface area contributed by atoms with Crippen LogP contribution >= 0.6 is 0 Å². The first-order valence-corrected chi connectivity index (χ1v) is 9.30. The van der Waals surface area contributed by atoms with Gasteiger partial charge in [-0.2, -0.15) is 5.26 Å². The molecule has 2 aliphatic rings. The summed E-state index contributed by atoms with van der Waals surface area (Å²) in [6, 6.07) is 15.0. The number of aryl methyl sites for hydroxylation is 2. The summed E-state index contributed by atoms with van der Waals surface area (Å²) in [5.41, 5.74) is 4.31. The summed E-state index contributed by atoms with van der Waals surface area (Å²) in [5.74, 6) is -0.260. The molecule has 0 radical (unpaired) electrons. The van der Waals surface area contributed by atoms with E-state index in [0.717, 1.165) is 19.3 Å². The van der Waals surface area contributed by atoms with Crippen LogP contribution in [-0.2, 0) is 17.6 Å². The molecule has 1 atom stereocenters. The second-order valence-corrected chi connectivity index (χ2v) is 7.25. The van der Waals surface area contributed by atoms with Crippen LogP contribution in [0.2, 0.25) is 0 Å². The number of fused-ring (bicyclic) bond motifs is 1. The van der Waals surface area contributed by atoms with Gasteiger partial charge in [-0.15, -0.1) is 0 Å². The maximum atomic E-state index is 13.0. The predicted molar refractivity (Wildman–Crippen MR) is 102 cm³/mol. The number of benzene rings is 2. The van der Waals surface area contributed by atoms with Crippen LogP contribution in [0.5, 0.6) is 0 Å². The molecule has 5 nitrogen and oxygen atoms in total. The first-order valence-electron chi connectivity index (χ1n) is 9.30. The zero-order chi connectivity index (χ0) is 19.0. The van der Waals surface area contributed by atoms with Gasteiger partial charge in [0, 0.05) is 18.2 Å². The zero-order valence-electron chi connectivity index (χ0n) is 15.3. The number of nitrogens with zero attached hydrogens (tertiary/aromatic N) is 3. The van der Waals surface area contributed by atoms with Crippen LogP contribution in [0, 0.1) is 11.3 Å². The van der Waals surface area contributed by atoms with Crippen molar-refractivity contribution in [2.45, 2.75) is 32.2 Å². The quantitative estimate of drug-likeness (QED) is 0.828. The summed E-state index contributed by atoms with van der Waals surface area (Å²) in [4.78, 5) is 29.1. The Labute approximate surface area is 158 Å². The lowest BCUT2D eigenvalue weighted by atomic mass is 10.0. The molecule has 27 heavy (non-hydrogen) atoms. The largest absolute Gasteiger partial charge is 0.325 e. The molecule has 0 spiro atoms. The minimum atomic E-state index is -0.162. The Morgan fingerprint density at radius 3 is 2.74 bits per heavy atom. The average Bonchev–Trinajstić information content (AvgIpc) is 3.16. The van der Waals surface area contributed by atoms with Crippen molar-refractivity contribution in [1.29, 1.82) is 5.26 Å². The van der Waals surface area contributed by atoms with Crippen LogP contribution in [0.25, 0.3) is 0 Å². The Kier molecular flexibility index (Phi) is 4.41. The number of piperazine rings is 1. The van der Waals surface area contributed by atoms with Gasteiger partial charge in [0.15, 0.2) is 0 Å². The fourth-order valence-corrected chi connectivity index (χ4v) is 4.03. The van der Waals surface area contributed by atoms with E-state index in [1.807, 2.05) is 31.2 Å². The highest BCUT2D eigenvalue weighted by atomic mass is 16.2. The van der Waals surface area contributed by atoms with Crippen molar-refractivity contribution in [3.63, 3.8) is 0 Å². The van der Waals surface area contributed by atoms with Gasteiger partial charge in [0.05, 0.1) is 11.3 Å². The maximum absolute atomic E-state index is 13.0. The van der Waals surface area contributed by atoms with Gasteiger partial charge in [-0.25, -0.2) is 0 Å². The van der Waals surface area contributed by atoms with Gasteiger partial charge in [0.2, 0.25) is 5.91 Å². The van der Waals surface area contributed by atoms with Gasteiger partial charge >= 0.3 is 0 Å². The number of anilines is 1. The van der Waals surface area contributed by atoms with E-state index >= 15 is 0 Å². The monoisotopic (exact) mass is 359 g/mol. The lowest BCUT2D eigenvalue weighted by molar-refractivity contribution is -0.121. The van der Waals surface area contributed by atoms with Crippen molar-refractivity contribution in [1.82, 2.24) is 4.90 Å². The molecule has 5 heteroatoms. The van der Waals surface area contributed by atoms with Crippen molar-refractivity contribution in [2.24, 2.45) is 0 Å². The summed E-state index contributed by atoms with van der Waals surface area (Å²) in [5, 5.41) is 9.31. The smallest absolute Gasteiger partial charge is 0.254 e. The molecule has 0 aromatic heterocycles. The SMILES string of the molecule is CC1CN(c2ccccc2C#N)C(=O)CN1C(=O)c1ccc2c(c1)CCC2. The lowest BCUT2D eigenvalue weighted by Crippen LogP contribution is -2.57. The van der Waals surface area contributed by atoms with E-state index in [1.165, 1.54) is 11.1 Å². The Morgan fingerprint density at radius 1 is 1.15 bits per heavy atom. The third-order valence-electron chi connectivity index (χ3n) is 5.51. The van der Waals surface area contributed by atoms with Crippen molar-refractivity contribution in [3.05, 3.63) is 64.7 Å². The number of nitriles is 1. The van der Waals surface area contributed by atoms with Crippen LogP contribution < -0.4 is 4.90 Å². The van der Waals surface area contributed by atoms with Crippen LogP contribution in [0.15, 0.2) is 42.5 Å². The van der Waals surface area contributed by atoms with Gasteiger partial charge in [0.1, 0.15) is 12.6 Å². The molecule has 2 aromatic carbocycles.